The topological polar surface area (TPSA) is 115 Å². The minimum absolute atomic E-state index is 0.0809. The third-order valence-electron chi connectivity index (χ3n) is 3.34. The molecule has 0 radical (unpaired) electrons. The molecule has 7 nitrogen and oxygen atoms in total. The van der Waals surface area contributed by atoms with E-state index in [9.17, 15) is 14.7 Å². The van der Waals surface area contributed by atoms with Gasteiger partial charge in [-0.2, -0.15) is 0 Å². The van der Waals surface area contributed by atoms with Gasteiger partial charge in [0.15, 0.2) is 5.69 Å². The Morgan fingerprint density at radius 1 is 1.33 bits per heavy atom. The zero-order valence-electron chi connectivity index (χ0n) is 11.7. The van der Waals surface area contributed by atoms with Gasteiger partial charge in [0.1, 0.15) is 11.9 Å². The van der Waals surface area contributed by atoms with Gasteiger partial charge in [0.2, 0.25) is 11.8 Å². The maximum Gasteiger partial charge on any atom is 0.280 e. The number of hydrogen-bond acceptors (Lipinski definition) is 6. The maximum atomic E-state index is 11.8. The molecule has 1 aromatic rings. The number of ether oxygens (including phenoxy) is 1. The molecule has 2 amide bonds. The van der Waals surface area contributed by atoms with Crippen molar-refractivity contribution < 1.29 is 19.4 Å². The smallest absolute Gasteiger partial charge is 0.280 e. The normalized spacial score (nSPS) is 15.5. The number of amides is 2. The molecule has 0 unspecified atom stereocenters. The average Bonchev–Trinajstić information content (AvgIpc) is 2.50. The van der Waals surface area contributed by atoms with Crippen molar-refractivity contribution in [1.82, 2.24) is 10.3 Å². The second-order valence-electron chi connectivity index (χ2n) is 4.98. The number of aromatic nitrogens is 1. The molecule has 2 rings (SSSR count). The van der Waals surface area contributed by atoms with Crippen LogP contribution in [0.3, 0.4) is 0 Å². The highest BCUT2D eigenvalue weighted by atomic mass is 16.5. The summed E-state index contributed by atoms with van der Waals surface area (Å²) in [5.74, 6) is -1.48. The number of carbonyl (C=O) groups is 2. The Labute approximate surface area is 122 Å². The van der Waals surface area contributed by atoms with Gasteiger partial charge in [0, 0.05) is 6.07 Å². The van der Waals surface area contributed by atoms with Crippen molar-refractivity contribution in [3.05, 3.63) is 17.8 Å². The number of rotatable bonds is 4. The summed E-state index contributed by atoms with van der Waals surface area (Å²) < 4.78 is 5.72. The fraction of sp³-hybridized carbons (Fsp3) is 0.500. The molecule has 4 N–H and O–H groups in total. The van der Waals surface area contributed by atoms with E-state index < -0.39 is 11.8 Å². The van der Waals surface area contributed by atoms with E-state index in [0.717, 1.165) is 25.7 Å². The van der Waals surface area contributed by atoms with Crippen LogP contribution in [0.15, 0.2) is 12.1 Å². The fourth-order valence-corrected chi connectivity index (χ4v) is 2.26. The number of hydrogen-bond donors (Lipinski definition) is 3. The Hall–Kier alpha value is -2.15. The van der Waals surface area contributed by atoms with E-state index in [1.54, 1.807) is 0 Å². The third kappa shape index (κ3) is 4.16. The molecule has 0 saturated heterocycles. The van der Waals surface area contributed by atoms with E-state index in [2.05, 4.69) is 4.98 Å². The molecule has 114 valence electrons. The molecular weight excluding hydrogens is 274 g/mol. The highest BCUT2D eigenvalue weighted by molar-refractivity contribution is 6.05. The SMILES string of the molecule is NCC(=O)NC(=O)c1nc(OC2CCCCC2)ccc1O. The third-order valence-corrected chi connectivity index (χ3v) is 3.34. The molecule has 1 heterocycles. The molecule has 0 bridgehead atoms. The lowest BCUT2D eigenvalue weighted by molar-refractivity contribution is -0.118. The average molecular weight is 293 g/mol. The summed E-state index contributed by atoms with van der Waals surface area (Å²) >= 11 is 0. The van der Waals surface area contributed by atoms with Gasteiger partial charge in [-0.15, -0.1) is 0 Å². The van der Waals surface area contributed by atoms with E-state index in [4.69, 9.17) is 10.5 Å². The molecule has 0 atom stereocenters. The van der Waals surface area contributed by atoms with Crippen molar-refractivity contribution in [3.63, 3.8) is 0 Å². The summed E-state index contributed by atoms with van der Waals surface area (Å²) in [5.41, 5.74) is 4.87. The monoisotopic (exact) mass is 293 g/mol. The Balaban J connectivity index is 2.08. The first kappa shape index (κ1) is 15.2. The van der Waals surface area contributed by atoms with Crippen molar-refractivity contribution in [1.29, 1.82) is 0 Å². The van der Waals surface area contributed by atoms with Crippen molar-refractivity contribution in [3.8, 4) is 11.6 Å². The van der Waals surface area contributed by atoms with E-state index in [0.29, 0.717) is 0 Å². The lowest BCUT2D eigenvalue weighted by Crippen LogP contribution is -2.35. The Morgan fingerprint density at radius 2 is 2.05 bits per heavy atom. The lowest BCUT2D eigenvalue weighted by Gasteiger charge is -2.22. The van der Waals surface area contributed by atoms with Crippen molar-refractivity contribution in [2.45, 2.75) is 38.2 Å². The van der Waals surface area contributed by atoms with Gasteiger partial charge >= 0.3 is 0 Å². The molecule has 1 aromatic heterocycles. The number of imide groups is 1. The first-order valence-electron chi connectivity index (χ1n) is 7.01. The Bertz CT molecular complexity index is 527. The van der Waals surface area contributed by atoms with Crippen molar-refractivity contribution >= 4 is 11.8 Å². The van der Waals surface area contributed by atoms with Crippen LogP contribution in [-0.4, -0.2) is 34.6 Å². The van der Waals surface area contributed by atoms with Crippen LogP contribution < -0.4 is 15.8 Å². The summed E-state index contributed by atoms with van der Waals surface area (Å²) in [6.07, 6.45) is 5.42. The maximum absolute atomic E-state index is 11.8. The van der Waals surface area contributed by atoms with Gasteiger partial charge in [-0.25, -0.2) is 4.98 Å². The number of pyridine rings is 1. The van der Waals surface area contributed by atoms with Gasteiger partial charge < -0.3 is 15.6 Å². The van der Waals surface area contributed by atoms with Gasteiger partial charge in [-0.1, -0.05) is 6.42 Å². The van der Waals surface area contributed by atoms with Gasteiger partial charge in [-0.3, -0.25) is 14.9 Å². The quantitative estimate of drug-likeness (QED) is 0.753. The van der Waals surface area contributed by atoms with E-state index in [1.807, 2.05) is 5.32 Å². The zero-order valence-corrected chi connectivity index (χ0v) is 11.7. The molecule has 0 aliphatic heterocycles. The van der Waals surface area contributed by atoms with Crippen molar-refractivity contribution in [2.24, 2.45) is 5.73 Å². The van der Waals surface area contributed by atoms with Crippen LogP contribution in [0.5, 0.6) is 11.6 Å². The van der Waals surface area contributed by atoms with Crippen LogP contribution in [0.25, 0.3) is 0 Å². The lowest BCUT2D eigenvalue weighted by atomic mass is 9.98. The number of nitrogens with zero attached hydrogens (tertiary/aromatic N) is 1. The zero-order chi connectivity index (χ0) is 15.2. The van der Waals surface area contributed by atoms with Gasteiger partial charge in [0.05, 0.1) is 6.54 Å². The molecule has 7 heteroatoms. The van der Waals surface area contributed by atoms with E-state index >= 15 is 0 Å². The minimum Gasteiger partial charge on any atom is -0.505 e. The number of nitrogens with two attached hydrogens (primary N) is 1. The molecule has 1 aliphatic carbocycles. The van der Waals surface area contributed by atoms with E-state index in [-0.39, 0.29) is 30.0 Å². The summed E-state index contributed by atoms with van der Waals surface area (Å²) in [6.45, 7) is -0.315. The molecule has 21 heavy (non-hydrogen) atoms. The second kappa shape index (κ2) is 7.03. The highest BCUT2D eigenvalue weighted by Gasteiger charge is 2.19. The van der Waals surface area contributed by atoms with Crippen LogP contribution >= 0.6 is 0 Å². The molecular formula is C14H19N3O4. The minimum atomic E-state index is -0.794. The Morgan fingerprint density at radius 3 is 2.71 bits per heavy atom. The van der Waals surface area contributed by atoms with Crippen LogP contribution in [0.2, 0.25) is 0 Å². The highest BCUT2D eigenvalue weighted by Crippen LogP contribution is 2.24. The largest absolute Gasteiger partial charge is 0.505 e. The van der Waals surface area contributed by atoms with Gasteiger partial charge in [-0.05, 0) is 31.7 Å². The fourth-order valence-electron chi connectivity index (χ4n) is 2.26. The summed E-state index contributed by atoms with van der Waals surface area (Å²) in [6, 6.07) is 2.83. The molecule has 0 spiro atoms. The summed E-state index contributed by atoms with van der Waals surface area (Å²) in [7, 11) is 0. The number of aromatic hydroxyl groups is 1. The Kier molecular flexibility index (Phi) is 5.10. The summed E-state index contributed by atoms with van der Waals surface area (Å²) in [4.78, 5) is 26.9. The summed E-state index contributed by atoms with van der Waals surface area (Å²) in [5, 5.41) is 11.7. The molecule has 1 aliphatic rings. The van der Waals surface area contributed by atoms with Crippen LogP contribution in [-0.2, 0) is 4.79 Å². The standard InChI is InChI=1S/C14H19N3O4/c15-8-11(19)16-14(20)13-10(18)6-7-12(17-13)21-9-4-2-1-3-5-9/h6-7,9,18H,1-5,8,15H2,(H,16,19,20). The van der Waals surface area contributed by atoms with E-state index in [1.165, 1.54) is 18.6 Å². The molecule has 0 aromatic carbocycles. The van der Waals surface area contributed by atoms with Crippen molar-refractivity contribution in [2.75, 3.05) is 6.54 Å². The predicted molar refractivity (Wildman–Crippen MR) is 74.9 cm³/mol. The molecule has 1 saturated carbocycles. The first-order valence-corrected chi connectivity index (χ1v) is 7.01. The van der Waals surface area contributed by atoms with Crippen LogP contribution in [0, 0.1) is 0 Å². The molecule has 1 fully saturated rings. The van der Waals surface area contributed by atoms with Crippen LogP contribution in [0.4, 0.5) is 0 Å². The first-order chi connectivity index (χ1) is 10.1. The second-order valence-corrected chi connectivity index (χ2v) is 4.98. The van der Waals surface area contributed by atoms with Gasteiger partial charge in [0.25, 0.3) is 5.91 Å². The predicted octanol–water partition coefficient (Wildman–Crippen LogP) is 0.714. The number of nitrogens with one attached hydrogen (secondary N) is 1. The van der Waals surface area contributed by atoms with Crippen LogP contribution in [0.1, 0.15) is 42.6 Å². The number of carbonyl (C=O) groups excluding carboxylic acids is 2.